The standard InChI is InChI=1S/C10H12ClF2N3O/c1-5(11)10(17)15-6(2)9-14-4-3-7(16-9)8(12)13/h3-6,8H,1-2H3,(H,15,17). The van der Waals surface area contributed by atoms with Crippen molar-refractivity contribution >= 4 is 17.5 Å². The van der Waals surface area contributed by atoms with Crippen molar-refractivity contribution in [2.75, 3.05) is 0 Å². The van der Waals surface area contributed by atoms with E-state index in [1.807, 2.05) is 0 Å². The maximum absolute atomic E-state index is 12.4. The van der Waals surface area contributed by atoms with Crippen LogP contribution in [-0.2, 0) is 4.79 Å². The Labute approximate surface area is 102 Å². The van der Waals surface area contributed by atoms with Gasteiger partial charge in [0.1, 0.15) is 11.1 Å². The van der Waals surface area contributed by atoms with Crippen LogP contribution in [0.3, 0.4) is 0 Å². The van der Waals surface area contributed by atoms with Gasteiger partial charge in [-0.1, -0.05) is 0 Å². The second kappa shape index (κ2) is 5.86. The van der Waals surface area contributed by atoms with Gasteiger partial charge in [-0.25, -0.2) is 18.7 Å². The minimum Gasteiger partial charge on any atom is -0.345 e. The summed E-state index contributed by atoms with van der Waals surface area (Å²) >= 11 is 5.57. The molecule has 7 heteroatoms. The van der Waals surface area contributed by atoms with Crippen molar-refractivity contribution in [3.05, 3.63) is 23.8 Å². The van der Waals surface area contributed by atoms with Crippen molar-refractivity contribution in [1.29, 1.82) is 0 Å². The first kappa shape index (κ1) is 13.8. The average Bonchev–Trinajstić information content (AvgIpc) is 2.28. The smallest absolute Gasteiger partial charge is 0.280 e. The molecule has 0 spiro atoms. The molecule has 1 amide bonds. The third kappa shape index (κ3) is 3.89. The van der Waals surface area contributed by atoms with Gasteiger partial charge in [-0.3, -0.25) is 4.79 Å². The largest absolute Gasteiger partial charge is 0.345 e. The number of hydrogen-bond acceptors (Lipinski definition) is 3. The van der Waals surface area contributed by atoms with Crippen molar-refractivity contribution in [2.24, 2.45) is 0 Å². The van der Waals surface area contributed by atoms with Crippen LogP contribution in [0.5, 0.6) is 0 Å². The average molecular weight is 264 g/mol. The maximum Gasteiger partial charge on any atom is 0.280 e. The molecular weight excluding hydrogens is 252 g/mol. The molecule has 0 aliphatic rings. The van der Waals surface area contributed by atoms with E-state index < -0.39 is 23.8 Å². The number of aromatic nitrogens is 2. The highest BCUT2D eigenvalue weighted by Crippen LogP contribution is 2.17. The lowest BCUT2D eigenvalue weighted by Crippen LogP contribution is -2.32. The first-order valence-electron chi connectivity index (χ1n) is 4.97. The SMILES string of the molecule is CC(Cl)C(=O)NC(C)c1nccc(C(F)F)n1. The molecule has 0 saturated heterocycles. The summed E-state index contributed by atoms with van der Waals surface area (Å²) < 4.78 is 24.8. The van der Waals surface area contributed by atoms with Crippen molar-refractivity contribution in [2.45, 2.75) is 31.7 Å². The predicted molar refractivity (Wildman–Crippen MR) is 58.9 cm³/mol. The molecule has 2 atom stereocenters. The number of rotatable bonds is 4. The Morgan fingerprint density at radius 3 is 2.65 bits per heavy atom. The normalized spacial score (nSPS) is 14.5. The van der Waals surface area contributed by atoms with Crippen molar-refractivity contribution in [3.63, 3.8) is 0 Å². The lowest BCUT2D eigenvalue weighted by Gasteiger charge is -2.14. The van der Waals surface area contributed by atoms with Gasteiger partial charge in [0.05, 0.1) is 6.04 Å². The van der Waals surface area contributed by atoms with Crippen LogP contribution in [0.1, 0.15) is 37.8 Å². The van der Waals surface area contributed by atoms with Crippen LogP contribution in [0, 0.1) is 0 Å². The molecule has 1 heterocycles. The fourth-order valence-electron chi connectivity index (χ4n) is 1.11. The van der Waals surface area contributed by atoms with Gasteiger partial charge < -0.3 is 5.32 Å². The molecule has 0 bridgehead atoms. The Bertz CT molecular complexity index is 401. The van der Waals surface area contributed by atoms with E-state index in [1.54, 1.807) is 6.92 Å². The summed E-state index contributed by atoms with van der Waals surface area (Å²) in [5.74, 6) is -0.265. The van der Waals surface area contributed by atoms with E-state index in [-0.39, 0.29) is 11.5 Å². The van der Waals surface area contributed by atoms with Gasteiger partial charge in [0.25, 0.3) is 6.43 Å². The molecule has 0 aliphatic heterocycles. The van der Waals surface area contributed by atoms with Crippen LogP contribution in [-0.4, -0.2) is 21.3 Å². The summed E-state index contributed by atoms with van der Waals surface area (Å²) in [5, 5.41) is 1.82. The number of amides is 1. The first-order chi connectivity index (χ1) is 7.91. The summed E-state index contributed by atoms with van der Waals surface area (Å²) in [6, 6.07) is 0.565. The van der Waals surface area contributed by atoms with E-state index in [4.69, 9.17) is 11.6 Å². The topological polar surface area (TPSA) is 54.9 Å². The number of nitrogens with one attached hydrogen (secondary N) is 1. The highest BCUT2D eigenvalue weighted by Gasteiger charge is 2.17. The molecule has 1 N–H and O–H groups in total. The predicted octanol–water partition coefficient (Wildman–Crippen LogP) is 2.22. The second-order valence-electron chi connectivity index (χ2n) is 3.49. The molecule has 4 nitrogen and oxygen atoms in total. The summed E-state index contributed by atoms with van der Waals surface area (Å²) in [4.78, 5) is 18.8. The zero-order chi connectivity index (χ0) is 13.0. The summed E-state index contributed by atoms with van der Waals surface area (Å²) in [6.07, 6.45) is -1.43. The summed E-state index contributed by atoms with van der Waals surface area (Å²) in [7, 11) is 0. The van der Waals surface area contributed by atoms with E-state index >= 15 is 0 Å². The minimum atomic E-state index is -2.66. The summed E-state index contributed by atoms with van der Waals surface area (Å²) in [5.41, 5.74) is -0.366. The first-order valence-corrected chi connectivity index (χ1v) is 5.41. The van der Waals surface area contributed by atoms with Crippen LogP contribution in [0.25, 0.3) is 0 Å². The van der Waals surface area contributed by atoms with Crippen LogP contribution in [0.2, 0.25) is 0 Å². The van der Waals surface area contributed by atoms with Crippen LogP contribution in [0.15, 0.2) is 12.3 Å². The summed E-state index contributed by atoms with van der Waals surface area (Å²) in [6.45, 7) is 3.11. The molecule has 0 fully saturated rings. The molecule has 1 aromatic rings. The highest BCUT2D eigenvalue weighted by atomic mass is 35.5. The van der Waals surface area contributed by atoms with Crippen molar-refractivity contribution < 1.29 is 13.6 Å². The third-order valence-corrected chi connectivity index (χ3v) is 2.22. The molecule has 0 radical (unpaired) electrons. The van der Waals surface area contributed by atoms with Crippen LogP contribution in [0.4, 0.5) is 8.78 Å². The van der Waals surface area contributed by atoms with E-state index in [0.29, 0.717) is 0 Å². The molecule has 94 valence electrons. The van der Waals surface area contributed by atoms with E-state index in [2.05, 4.69) is 15.3 Å². The lowest BCUT2D eigenvalue weighted by atomic mass is 10.3. The lowest BCUT2D eigenvalue weighted by molar-refractivity contribution is -0.121. The third-order valence-electron chi connectivity index (χ3n) is 2.03. The van der Waals surface area contributed by atoms with Gasteiger partial charge in [-0.15, -0.1) is 11.6 Å². The highest BCUT2D eigenvalue weighted by molar-refractivity contribution is 6.30. The Morgan fingerprint density at radius 1 is 1.47 bits per heavy atom. The number of hydrogen-bond donors (Lipinski definition) is 1. The molecule has 1 aromatic heterocycles. The second-order valence-corrected chi connectivity index (χ2v) is 4.14. The van der Waals surface area contributed by atoms with Crippen LogP contribution < -0.4 is 5.32 Å². The van der Waals surface area contributed by atoms with Gasteiger partial charge in [0.15, 0.2) is 5.82 Å². The van der Waals surface area contributed by atoms with Gasteiger partial charge in [0.2, 0.25) is 5.91 Å². The zero-order valence-electron chi connectivity index (χ0n) is 9.32. The molecular formula is C10H12ClF2N3O. The minimum absolute atomic E-state index is 0.133. The van der Waals surface area contributed by atoms with Crippen LogP contribution >= 0.6 is 11.6 Å². The molecule has 0 saturated carbocycles. The number of halogens is 3. The van der Waals surface area contributed by atoms with Gasteiger partial charge in [-0.2, -0.15) is 0 Å². The van der Waals surface area contributed by atoms with E-state index in [0.717, 1.165) is 6.07 Å². The Kier molecular flexibility index (Phi) is 4.74. The number of carbonyl (C=O) groups excluding carboxylic acids is 1. The zero-order valence-corrected chi connectivity index (χ0v) is 10.1. The van der Waals surface area contributed by atoms with Gasteiger partial charge >= 0.3 is 0 Å². The van der Waals surface area contributed by atoms with Gasteiger partial charge in [-0.05, 0) is 19.9 Å². The Balaban J connectivity index is 2.78. The fraction of sp³-hybridized carbons (Fsp3) is 0.500. The molecule has 1 rings (SSSR count). The Hall–Kier alpha value is -1.30. The van der Waals surface area contributed by atoms with E-state index in [1.165, 1.54) is 13.1 Å². The molecule has 0 aromatic carbocycles. The number of nitrogens with zero attached hydrogens (tertiary/aromatic N) is 2. The Morgan fingerprint density at radius 2 is 2.12 bits per heavy atom. The quantitative estimate of drug-likeness (QED) is 0.848. The van der Waals surface area contributed by atoms with Crippen molar-refractivity contribution in [1.82, 2.24) is 15.3 Å². The maximum atomic E-state index is 12.4. The monoisotopic (exact) mass is 263 g/mol. The molecule has 2 unspecified atom stereocenters. The van der Waals surface area contributed by atoms with Crippen molar-refractivity contribution in [3.8, 4) is 0 Å². The number of carbonyl (C=O) groups is 1. The molecule has 17 heavy (non-hydrogen) atoms. The van der Waals surface area contributed by atoms with Gasteiger partial charge in [0, 0.05) is 6.20 Å². The fourth-order valence-corrected chi connectivity index (χ4v) is 1.17. The molecule has 0 aliphatic carbocycles. The van der Waals surface area contributed by atoms with E-state index in [9.17, 15) is 13.6 Å². The number of alkyl halides is 3.